The largest absolute Gasteiger partial charge is 0.480 e. The number of aliphatic carboxylic acids is 1. The maximum atomic E-state index is 11.6. The van der Waals surface area contributed by atoms with E-state index in [1.165, 1.54) is 6.92 Å². The van der Waals surface area contributed by atoms with Crippen LogP contribution in [0.15, 0.2) is 24.3 Å². The molecule has 94 valence electrons. The van der Waals surface area contributed by atoms with Crippen molar-refractivity contribution in [2.24, 2.45) is 0 Å². The molecule has 6 heteroatoms. The molecule has 1 aromatic rings. The minimum atomic E-state index is -3.62. The van der Waals surface area contributed by atoms with Gasteiger partial charge in [0.15, 0.2) is 0 Å². The Morgan fingerprint density at radius 3 is 2.12 bits per heavy atom. The zero-order valence-electron chi connectivity index (χ0n) is 9.91. The fourth-order valence-corrected chi connectivity index (χ4v) is 2.66. The maximum absolute atomic E-state index is 11.6. The van der Waals surface area contributed by atoms with Crippen LogP contribution < -0.4 is 4.31 Å². The van der Waals surface area contributed by atoms with Crippen molar-refractivity contribution in [2.75, 3.05) is 10.6 Å². The molecule has 1 rings (SSSR count). The van der Waals surface area contributed by atoms with Crippen LogP contribution in [-0.4, -0.2) is 31.8 Å². The van der Waals surface area contributed by atoms with Crippen molar-refractivity contribution < 1.29 is 18.3 Å². The van der Waals surface area contributed by atoms with Gasteiger partial charge in [-0.15, -0.1) is 0 Å². The number of carboxylic acids is 1. The third-order valence-electron chi connectivity index (χ3n) is 2.35. The predicted octanol–water partition coefficient (Wildman–Crippen LogP) is 1.23. The Morgan fingerprint density at radius 2 is 1.76 bits per heavy atom. The third-order valence-corrected chi connectivity index (χ3v) is 3.60. The Balaban J connectivity index is 3.25. The number of hydrogen-bond donors (Lipinski definition) is 1. The summed E-state index contributed by atoms with van der Waals surface area (Å²) in [5.41, 5.74) is 1.33. The Kier molecular flexibility index (Phi) is 3.77. The Morgan fingerprint density at radius 1 is 1.29 bits per heavy atom. The molecule has 17 heavy (non-hydrogen) atoms. The number of aryl methyl sites for hydroxylation is 1. The molecule has 0 aromatic heterocycles. The van der Waals surface area contributed by atoms with Crippen LogP contribution in [0.25, 0.3) is 0 Å². The molecular weight excluding hydrogens is 242 g/mol. The molecule has 0 heterocycles. The molecule has 0 aliphatic heterocycles. The topological polar surface area (TPSA) is 74.7 Å². The molecular formula is C11H15NO4S. The van der Waals surface area contributed by atoms with Gasteiger partial charge in [0.1, 0.15) is 6.04 Å². The van der Waals surface area contributed by atoms with E-state index in [4.69, 9.17) is 5.11 Å². The summed E-state index contributed by atoms with van der Waals surface area (Å²) in [4.78, 5) is 10.9. The first-order valence-electron chi connectivity index (χ1n) is 5.02. The van der Waals surface area contributed by atoms with Gasteiger partial charge in [-0.25, -0.2) is 13.2 Å². The van der Waals surface area contributed by atoms with Crippen molar-refractivity contribution in [3.63, 3.8) is 0 Å². The van der Waals surface area contributed by atoms with E-state index in [0.717, 1.165) is 16.1 Å². The van der Waals surface area contributed by atoms with E-state index in [2.05, 4.69) is 0 Å². The number of nitrogens with zero attached hydrogens (tertiary/aromatic N) is 1. The average Bonchev–Trinajstić information content (AvgIpc) is 2.19. The highest BCUT2D eigenvalue weighted by molar-refractivity contribution is 7.92. The summed E-state index contributed by atoms with van der Waals surface area (Å²) in [6.07, 6.45) is 0.992. The standard InChI is InChI=1S/C11H15NO4S/c1-8-4-6-10(7-5-8)12(17(3,15)16)9(2)11(13)14/h4-7,9H,1-3H3,(H,13,14). The van der Waals surface area contributed by atoms with E-state index in [1.54, 1.807) is 24.3 Å². The maximum Gasteiger partial charge on any atom is 0.327 e. The molecule has 0 saturated heterocycles. The van der Waals surface area contributed by atoms with E-state index >= 15 is 0 Å². The predicted molar refractivity (Wildman–Crippen MR) is 65.6 cm³/mol. The van der Waals surface area contributed by atoms with Crippen LogP contribution in [0.1, 0.15) is 12.5 Å². The fourth-order valence-electron chi connectivity index (χ4n) is 1.49. The van der Waals surface area contributed by atoms with E-state index in [0.29, 0.717) is 5.69 Å². The molecule has 1 aromatic carbocycles. The lowest BCUT2D eigenvalue weighted by atomic mass is 10.2. The summed E-state index contributed by atoms with van der Waals surface area (Å²) >= 11 is 0. The zero-order chi connectivity index (χ0) is 13.2. The summed E-state index contributed by atoms with van der Waals surface area (Å²) < 4.78 is 24.1. The number of benzene rings is 1. The lowest BCUT2D eigenvalue weighted by molar-refractivity contribution is -0.137. The Bertz CT molecular complexity index is 507. The van der Waals surface area contributed by atoms with Gasteiger partial charge >= 0.3 is 5.97 Å². The highest BCUT2D eigenvalue weighted by atomic mass is 32.2. The van der Waals surface area contributed by atoms with E-state index in [-0.39, 0.29) is 0 Å². The normalized spacial score (nSPS) is 13.1. The highest BCUT2D eigenvalue weighted by Gasteiger charge is 2.28. The van der Waals surface area contributed by atoms with Crippen molar-refractivity contribution >= 4 is 21.7 Å². The zero-order valence-corrected chi connectivity index (χ0v) is 10.7. The first-order chi connectivity index (χ1) is 7.73. The monoisotopic (exact) mass is 257 g/mol. The summed E-state index contributed by atoms with van der Waals surface area (Å²) in [6, 6.07) is 5.53. The van der Waals surface area contributed by atoms with Gasteiger partial charge in [0.05, 0.1) is 11.9 Å². The van der Waals surface area contributed by atoms with Crippen LogP contribution in [-0.2, 0) is 14.8 Å². The van der Waals surface area contributed by atoms with Crippen LogP contribution in [0.4, 0.5) is 5.69 Å². The molecule has 1 unspecified atom stereocenters. The summed E-state index contributed by atoms with van der Waals surface area (Å²) in [7, 11) is -3.62. The molecule has 0 spiro atoms. The molecule has 0 bridgehead atoms. The van der Waals surface area contributed by atoms with Gasteiger partial charge in [-0.1, -0.05) is 17.7 Å². The minimum absolute atomic E-state index is 0.355. The molecule has 0 aliphatic rings. The number of carbonyl (C=O) groups is 1. The van der Waals surface area contributed by atoms with Crippen LogP contribution >= 0.6 is 0 Å². The lowest BCUT2D eigenvalue weighted by Crippen LogP contribution is -2.42. The van der Waals surface area contributed by atoms with Crippen LogP contribution in [0, 0.1) is 6.92 Å². The van der Waals surface area contributed by atoms with Gasteiger partial charge in [-0.2, -0.15) is 0 Å². The highest BCUT2D eigenvalue weighted by Crippen LogP contribution is 2.21. The van der Waals surface area contributed by atoms with Crippen molar-refractivity contribution in [1.29, 1.82) is 0 Å². The van der Waals surface area contributed by atoms with Gasteiger partial charge < -0.3 is 5.11 Å². The van der Waals surface area contributed by atoms with Gasteiger partial charge in [0, 0.05) is 0 Å². The Hall–Kier alpha value is -1.56. The van der Waals surface area contributed by atoms with Crippen molar-refractivity contribution in [1.82, 2.24) is 0 Å². The van der Waals surface area contributed by atoms with Gasteiger partial charge in [-0.05, 0) is 26.0 Å². The second-order valence-electron chi connectivity index (χ2n) is 3.91. The number of carboxylic acid groups (broad SMARTS) is 1. The van der Waals surface area contributed by atoms with E-state index in [9.17, 15) is 13.2 Å². The molecule has 0 amide bonds. The van der Waals surface area contributed by atoms with Crippen molar-refractivity contribution in [3.05, 3.63) is 29.8 Å². The summed E-state index contributed by atoms with van der Waals surface area (Å²) in [5.74, 6) is -1.18. The smallest absolute Gasteiger partial charge is 0.327 e. The van der Waals surface area contributed by atoms with Crippen LogP contribution in [0.3, 0.4) is 0 Å². The molecule has 5 nitrogen and oxygen atoms in total. The quantitative estimate of drug-likeness (QED) is 0.880. The second kappa shape index (κ2) is 4.75. The average molecular weight is 257 g/mol. The van der Waals surface area contributed by atoms with E-state index < -0.39 is 22.0 Å². The number of sulfonamides is 1. The van der Waals surface area contributed by atoms with Gasteiger partial charge in [0.2, 0.25) is 10.0 Å². The summed E-state index contributed by atoms with van der Waals surface area (Å²) in [6.45, 7) is 3.21. The van der Waals surface area contributed by atoms with E-state index in [1.807, 2.05) is 6.92 Å². The molecule has 0 aliphatic carbocycles. The van der Waals surface area contributed by atoms with Crippen molar-refractivity contribution in [3.8, 4) is 0 Å². The third kappa shape index (κ3) is 3.20. The van der Waals surface area contributed by atoms with Gasteiger partial charge in [-0.3, -0.25) is 4.31 Å². The summed E-state index contributed by atoms with van der Waals surface area (Å²) in [5, 5.41) is 8.93. The molecule has 0 saturated carbocycles. The van der Waals surface area contributed by atoms with Crippen LogP contribution in [0.2, 0.25) is 0 Å². The number of hydrogen-bond acceptors (Lipinski definition) is 3. The molecule has 1 N–H and O–H groups in total. The SMILES string of the molecule is Cc1ccc(N(C(C)C(=O)O)S(C)(=O)=O)cc1. The first-order valence-corrected chi connectivity index (χ1v) is 6.87. The van der Waals surface area contributed by atoms with Crippen molar-refractivity contribution in [2.45, 2.75) is 19.9 Å². The minimum Gasteiger partial charge on any atom is -0.480 e. The first kappa shape index (κ1) is 13.5. The molecule has 1 atom stereocenters. The molecule has 0 radical (unpaired) electrons. The lowest BCUT2D eigenvalue weighted by Gasteiger charge is -2.26. The fraction of sp³-hybridized carbons (Fsp3) is 0.364. The number of anilines is 1. The Labute approximate surface area is 101 Å². The van der Waals surface area contributed by atoms with Crippen LogP contribution in [0.5, 0.6) is 0 Å². The second-order valence-corrected chi connectivity index (χ2v) is 5.77. The number of rotatable bonds is 4. The molecule has 0 fully saturated rings. The van der Waals surface area contributed by atoms with Gasteiger partial charge in [0.25, 0.3) is 0 Å².